The maximum atomic E-state index is 12.7. The van der Waals surface area contributed by atoms with Crippen molar-refractivity contribution in [1.82, 2.24) is 19.6 Å². The summed E-state index contributed by atoms with van der Waals surface area (Å²) in [6.07, 6.45) is 3.96. The van der Waals surface area contributed by atoms with E-state index in [0.29, 0.717) is 25.4 Å². The van der Waals surface area contributed by atoms with Gasteiger partial charge in [0.25, 0.3) is 0 Å². The number of carbonyl (C=O) groups is 2. The zero-order chi connectivity index (χ0) is 19.7. The fourth-order valence-electron chi connectivity index (χ4n) is 4.35. The highest BCUT2D eigenvalue weighted by Crippen LogP contribution is 2.31. The lowest BCUT2D eigenvalue weighted by Crippen LogP contribution is -2.51. The van der Waals surface area contributed by atoms with E-state index in [4.69, 9.17) is 0 Å². The summed E-state index contributed by atoms with van der Waals surface area (Å²) in [7, 11) is 3.72. The van der Waals surface area contributed by atoms with Crippen molar-refractivity contribution < 1.29 is 9.59 Å². The molecule has 4 rings (SSSR count). The first-order chi connectivity index (χ1) is 13.5. The number of hydrogen-bond donors (Lipinski definition) is 0. The summed E-state index contributed by atoms with van der Waals surface area (Å²) in [4.78, 5) is 31.3. The van der Waals surface area contributed by atoms with Crippen LogP contribution in [0.4, 0.5) is 5.69 Å². The molecule has 2 atom stereocenters. The molecule has 28 heavy (non-hydrogen) atoms. The second kappa shape index (κ2) is 7.75. The largest absolute Gasteiger partial charge is 0.337 e. The molecule has 1 aromatic heterocycles. The summed E-state index contributed by atoms with van der Waals surface area (Å²) < 4.78 is 1.82. The number of aromatic nitrogens is 2. The highest BCUT2D eigenvalue weighted by molar-refractivity contribution is 5.94. The lowest BCUT2D eigenvalue weighted by atomic mass is 10.2. The van der Waals surface area contributed by atoms with Gasteiger partial charge in [-0.15, -0.1) is 0 Å². The highest BCUT2D eigenvalue weighted by Gasteiger charge is 2.45. The number of hydrogen-bond acceptors (Lipinski definition) is 4. The third-order valence-electron chi connectivity index (χ3n) is 6.05. The molecule has 2 aromatic rings. The van der Waals surface area contributed by atoms with E-state index in [2.05, 4.69) is 10.00 Å². The number of anilines is 1. The predicted octanol–water partition coefficient (Wildman–Crippen LogP) is 1.30. The average molecular weight is 381 g/mol. The molecular formula is C21H27N5O2. The Morgan fingerprint density at radius 1 is 1.14 bits per heavy atom. The third-order valence-corrected chi connectivity index (χ3v) is 6.05. The van der Waals surface area contributed by atoms with Gasteiger partial charge >= 0.3 is 0 Å². The normalized spacial score (nSPS) is 21.3. The van der Waals surface area contributed by atoms with Crippen molar-refractivity contribution in [3.63, 3.8) is 0 Å². The number of nitrogens with zero attached hydrogens (tertiary/aromatic N) is 5. The molecule has 0 aliphatic carbocycles. The van der Waals surface area contributed by atoms with Crippen LogP contribution in [0, 0.1) is 0 Å². The zero-order valence-electron chi connectivity index (χ0n) is 16.5. The third kappa shape index (κ3) is 3.67. The average Bonchev–Trinajstić information content (AvgIpc) is 3.42. The van der Waals surface area contributed by atoms with E-state index in [-0.39, 0.29) is 17.9 Å². The maximum Gasteiger partial charge on any atom is 0.240 e. The number of likely N-dealkylation sites (tertiary alicyclic amines) is 2. The number of benzene rings is 1. The second-order valence-electron chi connectivity index (χ2n) is 7.75. The quantitative estimate of drug-likeness (QED) is 0.757. The Hall–Kier alpha value is -2.67. The number of carbonyl (C=O) groups excluding carboxylic acids is 2. The minimum absolute atomic E-state index is 0.0906. The summed E-state index contributed by atoms with van der Waals surface area (Å²) in [6, 6.07) is 12.2. The van der Waals surface area contributed by atoms with Crippen LogP contribution in [-0.2, 0) is 23.1 Å². The Kier molecular flexibility index (Phi) is 5.17. The van der Waals surface area contributed by atoms with Gasteiger partial charge in [0, 0.05) is 63.3 Å². The summed E-state index contributed by atoms with van der Waals surface area (Å²) in [5, 5.41) is 4.15. The molecule has 0 saturated carbocycles. The molecule has 7 nitrogen and oxygen atoms in total. The Bertz CT molecular complexity index is 849. The van der Waals surface area contributed by atoms with Crippen LogP contribution in [0.1, 0.15) is 18.5 Å². The molecule has 2 fully saturated rings. The van der Waals surface area contributed by atoms with Crippen LogP contribution in [0.5, 0.6) is 0 Å². The molecule has 2 bridgehead atoms. The molecule has 0 N–H and O–H groups in total. The van der Waals surface area contributed by atoms with Crippen molar-refractivity contribution in [2.24, 2.45) is 7.05 Å². The minimum atomic E-state index is 0.0906. The van der Waals surface area contributed by atoms with Crippen LogP contribution < -0.4 is 4.90 Å². The number of likely N-dealkylation sites (N-methyl/N-ethyl adjacent to an activating group) is 1. The lowest BCUT2D eigenvalue weighted by Gasteiger charge is -2.34. The Balaban J connectivity index is 1.28. The number of aryl methyl sites for hydroxylation is 2. The highest BCUT2D eigenvalue weighted by atomic mass is 16.2. The molecule has 2 aliphatic heterocycles. The Labute approximate surface area is 165 Å². The predicted molar refractivity (Wildman–Crippen MR) is 107 cm³/mol. The maximum absolute atomic E-state index is 12.7. The smallest absolute Gasteiger partial charge is 0.240 e. The van der Waals surface area contributed by atoms with Crippen LogP contribution in [-0.4, -0.2) is 70.2 Å². The number of piperazine rings is 1. The van der Waals surface area contributed by atoms with Gasteiger partial charge < -0.3 is 9.80 Å². The first-order valence-electron chi connectivity index (χ1n) is 9.85. The number of para-hydroxylation sites is 1. The topological polar surface area (TPSA) is 61.7 Å². The van der Waals surface area contributed by atoms with E-state index in [1.807, 2.05) is 60.1 Å². The summed E-state index contributed by atoms with van der Waals surface area (Å²) in [6.45, 7) is 1.93. The fourth-order valence-corrected chi connectivity index (χ4v) is 4.35. The van der Waals surface area contributed by atoms with Gasteiger partial charge in [-0.3, -0.25) is 19.2 Å². The van der Waals surface area contributed by atoms with Gasteiger partial charge in [0.05, 0.1) is 6.54 Å². The molecule has 148 valence electrons. The fraction of sp³-hybridized carbons (Fsp3) is 0.476. The molecule has 1 aromatic carbocycles. The lowest BCUT2D eigenvalue weighted by molar-refractivity contribution is -0.133. The molecule has 3 heterocycles. The summed E-state index contributed by atoms with van der Waals surface area (Å²) >= 11 is 0. The van der Waals surface area contributed by atoms with Crippen molar-refractivity contribution in [1.29, 1.82) is 0 Å². The van der Waals surface area contributed by atoms with Gasteiger partial charge in [0.1, 0.15) is 0 Å². The first-order valence-corrected chi connectivity index (χ1v) is 9.85. The van der Waals surface area contributed by atoms with E-state index in [1.54, 1.807) is 11.1 Å². The first kappa shape index (κ1) is 18.7. The van der Waals surface area contributed by atoms with Crippen LogP contribution in [0.2, 0.25) is 0 Å². The standard InChI is InChI=1S/C21H27N5O2/c1-23(16-6-4-3-5-7-16)21(28)15-25-13-19-12-18(25)14-26(19)20(27)9-8-17-10-11-22-24(17)2/h3-7,10-11,18-19H,8-9,12-15H2,1-2H3/t18-,19-/m0/s1. The van der Waals surface area contributed by atoms with Gasteiger partial charge in [-0.05, 0) is 31.0 Å². The molecule has 2 amide bonds. The summed E-state index contributed by atoms with van der Waals surface area (Å²) in [5.41, 5.74) is 1.98. The summed E-state index contributed by atoms with van der Waals surface area (Å²) in [5.74, 6) is 0.300. The van der Waals surface area contributed by atoms with Gasteiger partial charge in [-0.25, -0.2) is 0 Å². The molecule has 0 spiro atoms. The minimum Gasteiger partial charge on any atom is -0.337 e. The molecule has 2 saturated heterocycles. The molecule has 2 aliphatic rings. The second-order valence-corrected chi connectivity index (χ2v) is 7.75. The van der Waals surface area contributed by atoms with E-state index in [0.717, 1.165) is 30.9 Å². The van der Waals surface area contributed by atoms with E-state index in [1.165, 1.54) is 0 Å². The van der Waals surface area contributed by atoms with Crippen molar-refractivity contribution >= 4 is 17.5 Å². The molecule has 0 unspecified atom stereocenters. The van der Waals surface area contributed by atoms with Gasteiger partial charge in [0.15, 0.2) is 0 Å². The van der Waals surface area contributed by atoms with Crippen molar-refractivity contribution in [3.05, 3.63) is 48.3 Å². The number of rotatable bonds is 6. The Morgan fingerprint density at radius 2 is 1.93 bits per heavy atom. The Morgan fingerprint density at radius 3 is 2.57 bits per heavy atom. The van der Waals surface area contributed by atoms with E-state index >= 15 is 0 Å². The number of fused-ring (bicyclic) bond motifs is 2. The van der Waals surface area contributed by atoms with Gasteiger partial charge in [0.2, 0.25) is 11.8 Å². The van der Waals surface area contributed by atoms with Crippen LogP contribution in [0.3, 0.4) is 0 Å². The van der Waals surface area contributed by atoms with E-state index in [9.17, 15) is 9.59 Å². The van der Waals surface area contributed by atoms with Crippen molar-refractivity contribution in [3.8, 4) is 0 Å². The zero-order valence-corrected chi connectivity index (χ0v) is 16.5. The SMILES string of the molecule is CN(C(=O)CN1C[C@@H]2C[C@H]1CN2C(=O)CCc1ccnn1C)c1ccccc1. The molecule has 0 radical (unpaired) electrons. The van der Waals surface area contributed by atoms with Crippen LogP contribution in [0.15, 0.2) is 42.6 Å². The van der Waals surface area contributed by atoms with Crippen molar-refractivity contribution in [2.75, 3.05) is 31.6 Å². The van der Waals surface area contributed by atoms with Gasteiger partial charge in [-0.2, -0.15) is 5.10 Å². The molecular weight excluding hydrogens is 354 g/mol. The molecule has 7 heteroatoms. The van der Waals surface area contributed by atoms with Crippen LogP contribution >= 0.6 is 0 Å². The monoisotopic (exact) mass is 381 g/mol. The van der Waals surface area contributed by atoms with Crippen molar-refractivity contribution in [2.45, 2.75) is 31.3 Å². The van der Waals surface area contributed by atoms with Gasteiger partial charge in [-0.1, -0.05) is 18.2 Å². The van der Waals surface area contributed by atoms with E-state index < -0.39 is 0 Å². The van der Waals surface area contributed by atoms with Crippen LogP contribution in [0.25, 0.3) is 0 Å². The number of amides is 2.